The van der Waals surface area contributed by atoms with Crippen LogP contribution < -0.4 is 5.32 Å². The normalized spacial score (nSPS) is 21.9. The molecule has 1 aliphatic rings. The number of hydrogen-bond donors (Lipinski definition) is 1. The van der Waals surface area contributed by atoms with Crippen LogP contribution in [0.1, 0.15) is 44.2 Å². The van der Waals surface area contributed by atoms with Gasteiger partial charge >= 0.3 is 0 Å². The molecule has 0 saturated carbocycles. The molecule has 1 heterocycles. The van der Waals surface area contributed by atoms with E-state index in [0.29, 0.717) is 6.04 Å². The second kappa shape index (κ2) is 7.75. The first-order valence-corrected chi connectivity index (χ1v) is 7.88. The van der Waals surface area contributed by atoms with Gasteiger partial charge in [0.2, 0.25) is 0 Å². The lowest BCUT2D eigenvalue weighted by atomic mass is 9.95. The fourth-order valence-corrected chi connectivity index (χ4v) is 3.17. The molecule has 0 aromatic heterocycles. The van der Waals surface area contributed by atoms with E-state index in [4.69, 9.17) is 0 Å². The standard InChI is InChI=1S/C17H27FN2/c1-3-14-5-4-11-20(13-14)12-10-17(19-2)15-6-8-16(18)9-7-15/h6-9,14,17,19H,3-5,10-13H2,1-2H3. The largest absolute Gasteiger partial charge is 0.313 e. The van der Waals surface area contributed by atoms with Gasteiger partial charge in [-0.15, -0.1) is 0 Å². The van der Waals surface area contributed by atoms with Crippen molar-refractivity contribution in [3.05, 3.63) is 35.6 Å². The smallest absolute Gasteiger partial charge is 0.123 e. The molecule has 0 bridgehead atoms. The molecule has 1 fully saturated rings. The van der Waals surface area contributed by atoms with E-state index in [2.05, 4.69) is 17.1 Å². The van der Waals surface area contributed by atoms with Crippen molar-refractivity contribution in [3.63, 3.8) is 0 Å². The predicted molar refractivity (Wildman–Crippen MR) is 82.3 cm³/mol. The van der Waals surface area contributed by atoms with Gasteiger partial charge in [-0.25, -0.2) is 4.39 Å². The monoisotopic (exact) mass is 278 g/mol. The summed E-state index contributed by atoms with van der Waals surface area (Å²) in [6.07, 6.45) is 5.10. The van der Waals surface area contributed by atoms with Gasteiger partial charge in [-0.1, -0.05) is 25.5 Å². The third-order valence-corrected chi connectivity index (χ3v) is 4.54. The van der Waals surface area contributed by atoms with E-state index in [-0.39, 0.29) is 5.82 Å². The molecular weight excluding hydrogens is 251 g/mol. The average Bonchev–Trinajstić information content (AvgIpc) is 2.50. The minimum atomic E-state index is -0.162. The highest BCUT2D eigenvalue weighted by Crippen LogP contribution is 2.22. The van der Waals surface area contributed by atoms with E-state index < -0.39 is 0 Å². The Bertz CT molecular complexity index is 390. The van der Waals surface area contributed by atoms with Crippen LogP contribution in [-0.2, 0) is 0 Å². The van der Waals surface area contributed by atoms with Crippen molar-refractivity contribution in [2.75, 3.05) is 26.7 Å². The first-order valence-electron chi connectivity index (χ1n) is 7.88. The third-order valence-electron chi connectivity index (χ3n) is 4.54. The second-order valence-corrected chi connectivity index (χ2v) is 5.90. The van der Waals surface area contributed by atoms with Crippen molar-refractivity contribution >= 4 is 0 Å². The quantitative estimate of drug-likeness (QED) is 0.855. The van der Waals surface area contributed by atoms with Crippen LogP contribution in [0.4, 0.5) is 4.39 Å². The molecule has 0 amide bonds. The molecule has 0 radical (unpaired) electrons. The lowest BCUT2D eigenvalue weighted by Crippen LogP contribution is -2.37. The van der Waals surface area contributed by atoms with Gasteiger partial charge in [0.1, 0.15) is 5.82 Å². The van der Waals surface area contributed by atoms with Crippen LogP contribution in [0.3, 0.4) is 0 Å². The van der Waals surface area contributed by atoms with Gasteiger partial charge < -0.3 is 10.2 Å². The third kappa shape index (κ3) is 4.29. The highest BCUT2D eigenvalue weighted by atomic mass is 19.1. The van der Waals surface area contributed by atoms with Crippen LogP contribution in [0.15, 0.2) is 24.3 Å². The maximum Gasteiger partial charge on any atom is 0.123 e. The molecule has 1 aliphatic heterocycles. The second-order valence-electron chi connectivity index (χ2n) is 5.90. The molecule has 2 nitrogen and oxygen atoms in total. The highest BCUT2D eigenvalue weighted by Gasteiger charge is 2.19. The highest BCUT2D eigenvalue weighted by molar-refractivity contribution is 5.19. The van der Waals surface area contributed by atoms with Crippen molar-refractivity contribution in [3.8, 4) is 0 Å². The summed E-state index contributed by atoms with van der Waals surface area (Å²) in [5, 5.41) is 3.35. The summed E-state index contributed by atoms with van der Waals surface area (Å²) >= 11 is 0. The van der Waals surface area contributed by atoms with Crippen LogP contribution in [0.5, 0.6) is 0 Å². The number of halogens is 1. The summed E-state index contributed by atoms with van der Waals surface area (Å²) in [5.74, 6) is 0.716. The van der Waals surface area contributed by atoms with Gasteiger partial charge in [0.15, 0.2) is 0 Å². The Morgan fingerprint density at radius 2 is 2.10 bits per heavy atom. The van der Waals surface area contributed by atoms with Crippen molar-refractivity contribution in [2.45, 2.75) is 38.6 Å². The fourth-order valence-electron chi connectivity index (χ4n) is 3.17. The van der Waals surface area contributed by atoms with Crippen LogP contribution in [0.25, 0.3) is 0 Å². The maximum atomic E-state index is 13.0. The molecule has 1 aromatic rings. The van der Waals surface area contributed by atoms with Gasteiger partial charge in [-0.3, -0.25) is 0 Å². The Kier molecular flexibility index (Phi) is 5.99. The van der Waals surface area contributed by atoms with Gasteiger partial charge in [0, 0.05) is 12.6 Å². The Labute approximate surface area is 122 Å². The van der Waals surface area contributed by atoms with Crippen molar-refractivity contribution in [2.24, 2.45) is 5.92 Å². The molecule has 2 atom stereocenters. The average molecular weight is 278 g/mol. The minimum absolute atomic E-state index is 0.162. The summed E-state index contributed by atoms with van der Waals surface area (Å²) in [4.78, 5) is 2.59. The molecular formula is C17H27FN2. The topological polar surface area (TPSA) is 15.3 Å². The van der Waals surface area contributed by atoms with Crippen molar-refractivity contribution < 1.29 is 4.39 Å². The SMILES string of the molecule is CCC1CCCN(CCC(NC)c2ccc(F)cc2)C1. The number of hydrogen-bond acceptors (Lipinski definition) is 2. The van der Waals surface area contributed by atoms with E-state index in [1.807, 2.05) is 19.2 Å². The number of piperidine rings is 1. The van der Waals surface area contributed by atoms with Gasteiger partial charge in [-0.05, 0) is 63.0 Å². The van der Waals surface area contributed by atoms with E-state index in [9.17, 15) is 4.39 Å². The first-order chi connectivity index (χ1) is 9.72. The molecule has 1 N–H and O–H groups in total. The van der Waals surface area contributed by atoms with E-state index >= 15 is 0 Å². The van der Waals surface area contributed by atoms with Gasteiger partial charge in [-0.2, -0.15) is 0 Å². The minimum Gasteiger partial charge on any atom is -0.313 e. The molecule has 0 spiro atoms. The molecule has 2 unspecified atom stereocenters. The molecule has 0 aliphatic carbocycles. The Morgan fingerprint density at radius 3 is 2.75 bits per heavy atom. The molecule has 112 valence electrons. The summed E-state index contributed by atoms with van der Waals surface area (Å²) in [7, 11) is 1.99. The zero-order valence-corrected chi connectivity index (χ0v) is 12.7. The Morgan fingerprint density at radius 1 is 1.35 bits per heavy atom. The summed E-state index contributed by atoms with van der Waals surface area (Å²) in [5.41, 5.74) is 1.18. The van der Waals surface area contributed by atoms with Gasteiger partial charge in [0.05, 0.1) is 0 Å². The van der Waals surface area contributed by atoms with E-state index in [1.165, 1.54) is 37.9 Å². The predicted octanol–water partition coefficient (Wildman–Crippen LogP) is 3.60. The zero-order chi connectivity index (χ0) is 14.4. The van der Waals surface area contributed by atoms with Crippen LogP contribution in [0, 0.1) is 11.7 Å². The zero-order valence-electron chi connectivity index (χ0n) is 12.7. The number of benzene rings is 1. The van der Waals surface area contributed by atoms with Gasteiger partial charge in [0.25, 0.3) is 0 Å². The Hall–Kier alpha value is -0.930. The number of nitrogens with one attached hydrogen (secondary N) is 1. The molecule has 1 saturated heterocycles. The van der Waals surface area contributed by atoms with E-state index in [1.54, 1.807) is 12.1 Å². The van der Waals surface area contributed by atoms with Crippen LogP contribution in [0.2, 0.25) is 0 Å². The first kappa shape index (κ1) is 15.5. The number of likely N-dealkylation sites (tertiary alicyclic amines) is 1. The maximum absolute atomic E-state index is 13.0. The summed E-state index contributed by atoms with van der Waals surface area (Å²) < 4.78 is 13.0. The number of nitrogens with zero attached hydrogens (tertiary/aromatic N) is 1. The summed E-state index contributed by atoms with van der Waals surface area (Å²) in [6.45, 7) is 5.90. The number of rotatable bonds is 6. The van der Waals surface area contributed by atoms with E-state index in [0.717, 1.165) is 18.9 Å². The molecule has 1 aromatic carbocycles. The lowest BCUT2D eigenvalue weighted by molar-refractivity contribution is 0.165. The summed E-state index contributed by atoms with van der Waals surface area (Å²) in [6, 6.07) is 7.20. The fraction of sp³-hybridized carbons (Fsp3) is 0.647. The lowest BCUT2D eigenvalue weighted by Gasteiger charge is -2.33. The van der Waals surface area contributed by atoms with Crippen LogP contribution in [-0.4, -0.2) is 31.6 Å². The Balaban J connectivity index is 1.85. The molecule has 3 heteroatoms. The van der Waals surface area contributed by atoms with Crippen molar-refractivity contribution in [1.29, 1.82) is 0 Å². The van der Waals surface area contributed by atoms with Crippen molar-refractivity contribution in [1.82, 2.24) is 10.2 Å². The molecule has 20 heavy (non-hydrogen) atoms. The van der Waals surface area contributed by atoms with Crippen LogP contribution >= 0.6 is 0 Å². The molecule has 2 rings (SSSR count).